The highest BCUT2D eigenvalue weighted by Crippen LogP contribution is 2.25. The van der Waals surface area contributed by atoms with Crippen LogP contribution in [0.4, 0.5) is 0 Å². The molecule has 0 radical (unpaired) electrons. The second-order valence-corrected chi connectivity index (χ2v) is 4.41. The Hall–Kier alpha value is -2.43. The van der Waals surface area contributed by atoms with Gasteiger partial charge in [0.05, 0.1) is 11.8 Å². The molecule has 0 atom stereocenters. The number of ether oxygens (including phenoxy) is 1. The molecule has 2 rings (SSSR count). The van der Waals surface area contributed by atoms with E-state index < -0.39 is 0 Å². The van der Waals surface area contributed by atoms with Crippen molar-refractivity contribution in [1.82, 2.24) is 9.97 Å². The van der Waals surface area contributed by atoms with E-state index >= 15 is 0 Å². The van der Waals surface area contributed by atoms with Gasteiger partial charge in [-0.05, 0) is 44.5 Å². The molecule has 5 nitrogen and oxygen atoms in total. The Bertz CT molecular complexity index is 620. The minimum atomic E-state index is -0.0555. The number of nitrogen functional groups attached to an aromatic ring is 1. The summed E-state index contributed by atoms with van der Waals surface area (Å²) in [6.07, 6.45) is 1.62. The third kappa shape index (κ3) is 2.88. The quantitative estimate of drug-likeness (QED) is 0.652. The largest absolute Gasteiger partial charge is 0.437 e. The van der Waals surface area contributed by atoms with E-state index in [9.17, 15) is 0 Å². The van der Waals surface area contributed by atoms with Crippen molar-refractivity contribution >= 4 is 5.84 Å². The van der Waals surface area contributed by atoms with Gasteiger partial charge in [-0.25, -0.2) is 4.98 Å². The van der Waals surface area contributed by atoms with Crippen LogP contribution in [0.15, 0.2) is 24.4 Å². The van der Waals surface area contributed by atoms with E-state index in [1.807, 2.05) is 39.0 Å². The normalized spacial score (nSPS) is 10.3. The van der Waals surface area contributed by atoms with Crippen LogP contribution in [0.3, 0.4) is 0 Å². The summed E-state index contributed by atoms with van der Waals surface area (Å²) in [5, 5.41) is 7.63. The highest BCUT2D eigenvalue weighted by molar-refractivity contribution is 5.98. The van der Waals surface area contributed by atoms with Gasteiger partial charge in [-0.15, -0.1) is 0 Å². The molecule has 2 heterocycles. The van der Waals surface area contributed by atoms with E-state index in [0.717, 1.165) is 17.0 Å². The van der Waals surface area contributed by atoms with E-state index in [-0.39, 0.29) is 5.84 Å². The van der Waals surface area contributed by atoms with E-state index in [1.54, 1.807) is 6.20 Å². The number of nitrogens with one attached hydrogen (secondary N) is 1. The number of aryl methyl sites for hydroxylation is 3. The molecule has 19 heavy (non-hydrogen) atoms. The molecular formula is C14H16N4O. The van der Waals surface area contributed by atoms with Crippen molar-refractivity contribution < 1.29 is 4.74 Å². The molecule has 0 saturated heterocycles. The number of aromatic nitrogens is 2. The fourth-order valence-corrected chi connectivity index (χ4v) is 1.83. The second-order valence-electron chi connectivity index (χ2n) is 4.41. The molecule has 0 spiro atoms. The number of rotatable bonds is 3. The average molecular weight is 256 g/mol. The average Bonchev–Trinajstić information content (AvgIpc) is 2.30. The summed E-state index contributed by atoms with van der Waals surface area (Å²) in [6, 6.07) is 5.54. The minimum absolute atomic E-state index is 0.0555. The fourth-order valence-electron chi connectivity index (χ4n) is 1.83. The van der Waals surface area contributed by atoms with E-state index in [4.69, 9.17) is 15.9 Å². The molecule has 98 valence electrons. The summed E-state index contributed by atoms with van der Waals surface area (Å²) < 4.78 is 5.69. The van der Waals surface area contributed by atoms with Gasteiger partial charge in [0.15, 0.2) is 0 Å². The minimum Gasteiger partial charge on any atom is -0.437 e. The van der Waals surface area contributed by atoms with Crippen molar-refractivity contribution in [3.8, 4) is 11.6 Å². The van der Waals surface area contributed by atoms with Crippen LogP contribution in [0.5, 0.6) is 11.6 Å². The van der Waals surface area contributed by atoms with E-state index in [0.29, 0.717) is 17.2 Å². The Morgan fingerprint density at radius 1 is 1.21 bits per heavy atom. The number of pyridine rings is 2. The SMILES string of the molecule is Cc1ccc(Oc2nc(C)cc(C)c2C(=N)N)cn1. The maximum Gasteiger partial charge on any atom is 0.230 e. The predicted molar refractivity (Wildman–Crippen MR) is 73.8 cm³/mol. The van der Waals surface area contributed by atoms with E-state index in [1.165, 1.54) is 0 Å². The van der Waals surface area contributed by atoms with Crippen LogP contribution < -0.4 is 10.5 Å². The zero-order chi connectivity index (χ0) is 14.0. The zero-order valence-electron chi connectivity index (χ0n) is 11.2. The molecule has 0 aliphatic heterocycles. The van der Waals surface area contributed by atoms with Crippen molar-refractivity contribution in [2.45, 2.75) is 20.8 Å². The monoisotopic (exact) mass is 256 g/mol. The molecule has 3 N–H and O–H groups in total. The molecular weight excluding hydrogens is 240 g/mol. The van der Waals surface area contributed by atoms with Crippen molar-refractivity contribution in [3.05, 3.63) is 46.9 Å². The first kappa shape index (κ1) is 13.0. The van der Waals surface area contributed by atoms with Gasteiger partial charge in [0, 0.05) is 11.4 Å². The number of nitrogens with zero attached hydrogens (tertiary/aromatic N) is 2. The Kier molecular flexibility index (Phi) is 3.46. The van der Waals surface area contributed by atoms with Crippen LogP contribution in [-0.2, 0) is 0 Å². The van der Waals surface area contributed by atoms with Gasteiger partial charge in [-0.3, -0.25) is 10.4 Å². The molecule has 0 fully saturated rings. The lowest BCUT2D eigenvalue weighted by molar-refractivity contribution is 0.457. The van der Waals surface area contributed by atoms with Crippen molar-refractivity contribution in [1.29, 1.82) is 5.41 Å². The molecule has 2 aromatic rings. The van der Waals surface area contributed by atoms with Gasteiger partial charge in [0.2, 0.25) is 5.88 Å². The number of amidine groups is 1. The molecule has 2 aromatic heterocycles. The third-order valence-electron chi connectivity index (χ3n) is 2.68. The molecule has 0 bridgehead atoms. The number of nitrogens with two attached hydrogens (primary N) is 1. The van der Waals surface area contributed by atoms with Crippen LogP contribution in [0.25, 0.3) is 0 Å². The first-order valence-corrected chi connectivity index (χ1v) is 5.90. The summed E-state index contributed by atoms with van der Waals surface area (Å²) in [5.74, 6) is 0.862. The van der Waals surface area contributed by atoms with Crippen LogP contribution in [0.2, 0.25) is 0 Å². The first-order valence-electron chi connectivity index (χ1n) is 5.90. The smallest absolute Gasteiger partial charge is 0.230 e. The summed E-state index contributed by atoms with van der Waals surface area (Å²) in [6.45, 7) is 5.66. The maximum atomic E-state index is 7.63. The Morgan fingerprint density at radius 3 is 2.53 bits per heavy atom. The van der Waals surface area contributed by atoms with Gasteiger partial charge in [-0.2, -0.15) is 0 Å². The van der Waals surface area contributed by atoms with Crippen molar-refractivity contribution in [3.63, 3.8) is 0 Å². The molecule has 0 aliphatic rings. The molecule has 0 aromatic carbocycles. The van der Waals surface area contributed by atoms with Gasteiger partial charge in [0.1, 0.15) is 11.6 Å². The van der Waals surface area contributed by atoms with Crippen molar-refractivity contribution in [2.75, 3.05) is 0 Å². The lowest BCUT2D eigenvalue weighted by atomic mass is 10.1. The highest BCUT2D eigenvalue weighted by atomic mass is 16.5. The molecule has 0 amide bonds. The van der Waals surface area contributed by atoms with Gasteiger partial charge in [0.25, 0.3) is 0 Å². The fraction of sp³-hybridized carbons (Fsp3) is 0.214. The topological polar surface area (TPSA) is 84.9 Å². The van der Waals surface area contributed by atoms with Crippen LogP contribution in [-0.4, -0.2) is 15.8 Å². The molecule has 5 heteroatoms. The van der Waals surface area contributed by atoms with Gasteiger partial charge < -0.3 is 10.5 Å². The summed E-state index contributed by atoms with van der Waals surface area (Å²) >= 11 is 0. The van der Waals surface area contributed by atoms with Gasteiger partial charge in [-0.1, -0.05) is 0 Å². The predicted octanol–water partition coefficient (Wildman–Crippen LogP) is 2.48. The Balaban J connectivity index is 2.44. The zero-order valence-corrected chi connectivity index (χ0v) is 11.2. The number of hydrogen-bond donors (Lipinski definition) is 2. The first-order chi connectivity index (χ1) is 8.97. The Labute approximate surface area is 112 Å². The lowest BCUT2D eigenvalue weighted by Gasteiger charge is -2.12. The Morgan fingerprint density at radius 2 is 1.95 bits per heavy atom. The molecule has 0 saturated carbocycles. The van der Waals surface area contributed by atoms with Gasteiger partial charge >= 0.3 is 0 Å². The van der Waals surface area contributed by atoms with E-state index in [2.05, 4.69) is 9.97 Å². The summed E-state index contributed by atoms with van der Waals surface area (Å²) in [7, 11) is 0. The maximum absolute atomic E-state index is 7.63. The highest BCUT2D eigenvalue weighted by Gasteiger charge is 2.13. The lowest BCUT2D eigenvalue weighted by Crippen LogP contribution is -2.15. The van der Waals surface area contributed by atoms with Crippen molar-refractivity contribution in [2.24, 2.45) is 5.73 Å². The van der Waals surface area contributed by atoms with Crippen LogP contribution in [0.1, 0.15) is 22.5 Å². The summed E-state index contributed by atoms with van der Waals surface area (Å²) in [4.78, 5) is 8.46. The standard InChI is InChI=1S/C14H16N4O/c1-8-6-10(3)18-14(12(8)13(15)16)19-11-5-4-9(2)17-7-11/h4-7H,1-3H3,(H3,15,16). The molecule has 0 aliphatic carbocycles. The third-order valence-corrected chi connectivity index (χ3v) is 2.68. The summed E-state index contributed by atoms with van der Waals surface area (Å²) in [5.41, 5.74) is 8.71. The van der Waals surface area contributed by atoms with Crippen LogP contribution >= 0.6 is 0 Å². The van der Waals surface area contributed by atoms with Crippen LogP contribution in [0, 0.1) is 26.2 Å². The molecule has 0 unspecified atom stereocenters. The number of hydrogen-bond acceptors (Lipinski definition) is 4. The second kappa shape index (κ2) is 5.06.